The molecule has 0 bridgehead atoms. The molecule has 3 N–H and O–H groups in total. The number of amides is 2. The highest BCUT2D eigenvalue weighted by Crippen LogP contribution is 2.34. The average Bonchev–Trinajstić information content (AvgIpc) is 3.40. The van der Waals surface area contributed by atoms with Crippen LogP contribution in [0.15, 0.2) is 68.5 Å². The second-order valence-electron chi connectivity index (χ2n) is 6.27. The van der Waals surface area contributed by atoms with Crippen molar-refractivity contribution in [3.8, 4) is 11.3 Å². The molecule has 1 aromatic carbocycles. The molecule has 1 saturated heterocycles. The molecule has 0 aliphatic carbocycles. The van der Waals surface area contributed by atoms with E-state index < -0.39 is 16.1 Å². The first-order valence-corrected chi connectivity index (χ1v) is 10.9. The Kier molecular flexibility index (Phi) is 5.24. The van der Waals surface area contributed by atoms with Crippen molar-refractivity contribution in [2.45, 2.75) is 6.54 Å². The number of imide groups is 1. The van der Waals surface area contributed by atoms with Crippen LogP contribution in [0.3, 0.4) is 0 Å². The maximum absolute atomic E-state index is 12.5. The number of rotatable bonds is 6. The van der Waals surface area contributed by atoms with Crippen LogP contribution in [-0.2, 0) is 21.5 Å². The molecule has 4 rings (SSSR count). The molecule has 3 aromatic rings. The zero-order chi connectivity index (χ0) is 21.3. The summed E-state index contributed by atoms with van der Waals surface area (Å²) in [5.41, 5.74) is 1.01. The molecule has 1 fully saturated rings. The maximum Gasteiger partial charge on any atom is 0.296 e. The number of nitrogens with one attached hydrogen (secondary N) is 1. The van der Waals surface area contributed by atoms with Crippen LogP contribution in [-0.4, -0.2) is 24.5 Å². The van der Waals surface area contributed by atoms with Gasteiger partial charge in [0.15, 0.2) is 0 Å². The van der Waals surface area contributed by atoms with Crippen LogP contribution in [0, 0.1) is 0 Å². The molecular formula is C19H15N3O6S2. The highest BCUT2D eigenvalue weighted by molar-refractivity contribution is 8.18. The summed E-state index contributed by atoms with van der Waals surface area (Å²) < 4.78 is 35.2. The van der Waals surface area contributed by atoms with Crippen molar-refractivity contribution >= 4 is 44.9 Å². The number of anilines is 1. The monoisotopic (exact) mass is 445 g/mol. The Morgan fingerprint density at radius 2 is 1.87 bits per heavy atom. The van der Waals surface area contributed by atoms with E-state index in [2.05, 4.69) is 4.72 Å². The van der Waals surface area contributed by atoms with E-state index in [1.807, 2.05) is 0 Å². The summed E-state index contributed by atoms with van der Waals surface area (Å²) in [5, 5.41) is 4.56. The first kappa shape index (κ1) is 20.0. The predicted octanol–water partition coefficient (Wildman–Crippen LogP) is 3.39. The molecular weight excluding hydrogens is 430 g/mol. The predicted molar refractivity (Wildman–Crippen MR) is 111 cm³/mol. The number of hydrogen-bond donors (Lipinski definition) is 2. The van der Waals surface area contributed by atoms with Crippen molar-refractivity contribution in [3.63, 3.8) is 0 Å². The van der Waals surface area contributed by atoms with E-state index >= 15 is 0 Å². The van der Waals surface area contributed by atoms with Crippen molar-refractivity contribution in [1.29, 1.82) is 0 Å². The fraction of sp³-hybridized carbons (Fsp3) is 0.0526. The Morgan fingerprint density at radius 3 is 2.53 bits per heavy atom. The summed E-state index contributed by atoms with van der Waals surface area (Å²) in [7, 11) is -3.85. The molecule has 1 aliphatic rings. The van der Waals surface area contributed by atoms with Crippen LogP contribution in [0.5, 0.6) is 0 Å². The van der Waals surface area contributed by atoms with Gasteiger partial charge in [-0.25, -0.2) is 5.14 Å². The van der Waals surface area contributed by atoms with E-state index in [0.29, 0.717) is 28.5 Å². The number of nitrogens with zero attached hydrogens (tertiary/aromatic N) is 1. The van der Waals surface area contributed by atoms with Crippen molar-refractivity contribution in [1.82, 2.24) is 4.90 Å². The van der Waals surface area contributed by atoms with Gasteiger partial charge in [0.05, 0.1) is 17.7 Å². The van der Waals surface area contributed by atoms with Crippen LogP contribution in [0.25, 0.3) is 17.4 Å². The molecule has 0 unspecified atom stereocenters. The topological polar surface area (TPSA) is 136 Å². The first-order chi connectivity index (χ1) is 14.3. The minimum atomic E-state index is -3.85. The van der Waals surface area contributed by atoms with Crippen LogP contribution in [0.4, 0.5) is 10.5 Å². The van der Waals surface area contributed by atoms with E-state index in [0.717, 1.165) is 16.7 Å². The second-order valence-corrected chi connectivity index (χ2v) is 8.56. The number of carbonyl (C=O) groups is 2. The number of furan rings is 2. The number of hydrogen-bond acceptors (Lipinski definition) is 7. The summed E-state index contributed by atoms with van der Waals surface area (Å²) in [6, 6.07) is 13.2. The van der Waals surface area contributed by atoms with Crippen molar-refractivity contribution in [3.05, 3.63) is 71.2 Å². The molecule has 0 radical (unpaired) electrons. The second kappa shape index (κ2) is 7.86. The van der Waals surface area contributed by atoms with Gasteiger partial charge in [-0.1, -0.05) is 0 Å². The van der Waals surface area contributed by atoms with Gasteiger partial charge in [-0.2, -0.15) is 8.42 Å². The summed E-state index contributed by atoms with van der Waals surface area (Å²) >= 11 is 0.831. The molecule has 154 valence electrons. The SMILES string of the molecule is NS(=O)(=O)Nc1ccc(-c2ccc(/C=C3/SC(=O)N(Cc4ccco4)C3=O)o2)cc1. The van der Waals surface area contributed by atoms with E-state index in [-0.39, 0.29) is 16.7 Å². The molecule has 0 spiro atoms. The van der Waals surface area contributed by atoms with Gasteiger partial charge in [0, 0.05) is 17.3 Å². The minimum absolute atomic E-state index is 0.0668. The molecule has 1 aliphatic heterocycles. The molecule has 9 nitrogen and oxygen atoms in total. The van der Waals surface area contributed by atoms with E-state index in [1.54, 1.807) is 48.5 Å². The lowest BCUT2D eigenvalue weighted by molar-refractivity contribution is -0.123. The van der Waals surface area contributed by atoms with Crippen LogP contribution in [0.1, 0.15) is 11.5 Å². The maximum atomic E-state index is 12.5. The smallest absolute Gasteiger partial charge is 0.296 e. The van der Waals surface area contributed by atoms with E-state index in [1.165, 1.54) is 12.3 Å². The van der Waals surface area contributed by atoms with Gasteiger partial charge < -0.3 is 8.83 Å². The Hall–Kier alpha value is -3.28. The molecule has 0 atom stereocenters. The molecule has 2 amide bonds. The highest BCUT2D eigenvalue weighted by Gasteiger charge is 2.35. The van der Waals surface area contributed by atoms with Crippen LogP contribution < -0.4 is 9.86 Å². The fourth-order valence-electron chi connectivity index (χ4n) is 2.78. The number of benzene rings is 1. The quantitative estimate of drug-likeness (QED) is 0.555. The van der Waals surface area contributed by atoms with Crippen molar-refractivity contribution in [2.75, 3.05) is 4.72 Å². The minimum Gasteiger partial charge on any atom is -0.467 e. The summed E-state index contributed by atoms with van der Waals surface area (Å²) in [6.45, 7) is 0.0668. The van der Waals surface area contributed by atoms with Crippen LogP contribution >= 0.6 is 11.8 Å². The van der Waals surface area contributed by atoms with Crippen molar-refractivity contribution < 1.29 is 26.8 Å². The van der Waals surface area contributed by atoms with Crippen LogP contribution in [0.2, 0.25) is 0 Å². The lowest BCUT2D eigenvalue weighted by Gasteiger charge is -2.09. The molecule has 2 aromatic heterocycles. The van der Waals surface area contributed by atoms with Gasteiger partial charge in [-0.15, -0.1) is 0 Å². The summed E-state index contributed by atoms with van der Waals surface area (Å²) in [6.07, 6.45) is 2.99. The lowest BCUT2D eigenvalue weighted by atomic mass is 10.1. The number of nitrogens with two attached hydrogens (primary N) is 1. The van der Waals surface area contributed by atoms with E-state index in [4.69, 9.17) is 14.0 Å². The zero-order valence-corrected chi connectivity index (χ0v) is 16.9. The van der Waals surface area contributed by atoms with Gasteiger partial charge in [0.1, 0.15) is 17.3 Å². The first-order valence-electron chi connectivity index (χ1n) is 8.57. The van der Waals surface area contributed by atoms with Gasteiger partial charge in [-0.3, -0.25) is 19.2 Å². The Balaban J connectivity index is 1.49. The van der Waals surface area contributed by atoms with Gasteiger partial charge in [-0.05, 0) is 60.3 Å². The third-order valence-corrected chi connectivity index (χ3v) is 5.52. The largest absolute Gasteiger partial charge is 0.467 e. The van der Waals surface area contributed by atoms with Crippen molar-refractivity contribution in [2.24, 2.45) is 5.14 Å². The van der Waals surface area contributed by atoms with Gasteiger partial charge in [0.2, 0.25) is 0 Å². The highest BCUT2D eigenvalue weighted by atomic mass is 32.2. The number of carbonyl (C=O) groups excluding carboxylic acids is 2. The lowest BCUT2D eigenvalue weighted by Crippen LogP contribution is -2.27. The van der Waals surface area contributed by atoms with Gasteiger partial charge in [0.25, 0.3) is 21.4 Å². The third kappa shape index (κ3) is 4.48. The van der Waals surface area contributed by atoms with E-state index in [9.17, 15) is 18.0 Å². The number of thioether (sulfide) groups is 1. The normalized spacial score (nSPS) is 15.9. The average molecular weight is 445 g/mol. The Morgan fingerprint density at radius 1 is 1.10 bits per heavy atom. The molecule has 3 heterocycles. The third-order valence-electron chi connectivity index (χ3n) is 4.10. The van der Waals surface area contributed by atoms with Gasteiger partial charge >= 0.3 is 0 Å². The zero-order valence-electron chi connectivity index (χ0n) is 15.3. The molecule has 30 heavy (non-hydrogen) atoms. The Bertz CT molecular complexity index is 1230. The fourth-order valence-corrected chi connectivity index (χ4v) is 4.06. The summed E-state index contributed by atoms with van der Waals surface area (Å²) in [4.78, 5) is 26.1. The Labute approximate surface area is 175 Å². The standard InChI is InChI=1S/C19H15N3O6S2/c20-30(25,26)21-13-5-3-12(4-6-13)16-8-7-14(28-16)10-17-18(23)22(19(24)29-17)11-15-2-1-9-27-15/h1-10,21H,11H2,(H2,20,25,26)/b17-10+. The molecule has 11 heteroatoms. The molecule has 0 saturated carbocycles. The summed E-state index contributed by atoms with van der Waals surface area (Å²) in [5.74, 6) is 1.01.